The van der Waals surface area contributed by atoms with Gasteiger partial charge in [-0.3, -0.25) is 4.68 Å². The monoisotopic (exact) mass is 367 g/mol. The zero-order valence-corrected chi connectivity index (χ0v) is 15.5. The zero-order valence-electron chi connectivity index (χ0n) is 15.5. The molecule has 0 saturated heterocycles. The Morgan fingerprint density at radius 3 is 2.93 bits per heavy atom. The number of aliphatic hydroxyl groups excluding tert-OH is 1. The molecule has 0 unspecified atom stereocenters. The minimum Gasteiger partial charge on any atom is -0.497 e. The van der Waals surface area contributed by atoms with Crippen molar-refractivity contribution >= 4 is 0 Å². The first-order valence-electron chi connectivity index (χ1n) is 9.35. The summed E-state index contributed by atoms with van der Waals surface area (Å²) in [5.41, 5.74) is 3.15. The number of ether oxygens (including phenoxy) is 1. The first-order valence-corrected chi connectivity index (χ1v) is 9.35. The van der Waals surface area contributed by atoms with E-state index in [0.29, 0.717) is 6.42 Å². The van der Waals surface area contributed by atoms with E-state index in [4.69, 9.17) is 9.84 Å². The van der Waals surface area contributed by atoms with E-state index in [1.165, 1.54) is 5.69 Å². The van der Waals surface area contributed by atoms with Crippen LogP contribution in [0.4, 0.5) is 0 Å². The highest BCUT2D eigenvalue weighted by Gasteiger charge is 2.21. The van der Waals surface area contributed by atoms with Crippen LogP contribution in [0.5, 0.6) is 5.75 Å². The van der Waals surface area contributed by atoms with E-state index in [0.717, 1.165) is 48.9 Å². The van der Waals surface area contributed by atoms with Gasteiger partial charge < -0.3 is 19.7 Å². The van der Waals surface area contributed by atoms with E-state index in [2.05, 4.69) is 25.6 Å². The Hall–Kier alpha value is -2.64. The second kappa shape index (κ2) is 7.94. The minimum absolute atomic E-state index is 0.0157. The second-order valence-corrected chi connectivity index (χ2v) is 6.73. The number of hydrogen-bond acceptors (Lipinski definition) is 5. The number of nitrogens with zero attached hydrogens (tertiary/aromatic N) is 4. The largest absolute Gasteiger partial charge is 0.497 e. The fraction of sp³-hybridized carbons (Fsp3) is 0.400. The first-order chi connectivity index (χ1) is 13.3. The third-order valence-corrected chi connectivity index (χ3v) is 5.03. The molecule has 4 rings (SSSR count). The van der Waals surface area contributed by atoms with Crippen molar-refractivity contribution in [3.63, 3.8) is 0 Å². The Kier molecular flexibility index (Phi) is 5.22. The molecule has 27 heavy (non-hydrogen) atoms. The van der Waals surface area contributed by atoms with Crippen LogP contribution in [0.3, 0.4) is 0 Å². The molecule has 0 radical (unpaired) electrons. The molecule has 7 nitrogen and oxygen atoms in total. The summed E-state index contributed by atoms with van der Waals surface area (Å²) in [6.07, 6.45) is 5.43. The van der Waals surface area contributed by atoms with E-state index in [1.807, 2.05) is 30.5 Å². The highest BCUT2D eigenvalue weighted by Crippen LogP contribution is 2.29. The molecular formula is C20H25N5O2. The minimum atomic E-state index is -0.0157. The molecule has 7 heteroatoms. The molecule has 142 valence electrons. The quantitative estimate of drug-likeness (QED) is 0.699. The lowest BCUT2D eigenvalue weighted by atomic mass is 10.0. The summed E-state index contributed by atoms with van der Waals surface area (Å²) in [7, 11) is 1.66. The van der Waals surface area contributed by atoms with Crippen molar-refractivity contribution in [1.82, 2.24) is 24.6 Å². The van der Waals surface area contributed by atoms with Crippen molar-refractivity contribution in [3.8, 4) is 17.3 Å². The normalized spacial score (nSPS) is 15.2. The maximum absolute atomic E-state index is 9.64. The lowest BCUT2D eigenvalue weighted by Gasteiger charge is -2.20. The van der Waals surface area contributed by atoms with Gasteiger partial charge in [0.2, 0.25) is 0 Å². The van der Waals surface area contributed by atoms with Crippen LogP contribution in [0.1, 0.15) is 30.1 Å². The van der Waals surface area contributed by atoms with Crippen LogP contribution in [-0.2, 0) is 13.1 Å². The molecule has 1 aliphatic heterocycles. The second-order valence-electron chi connectivity index (χ2n) is 6.73. The van der Waals surface area contributed by atoms with E-state index < -0.39 is 0 Å². The van der Waals surface area contributed by atoms with Crippen molar-refractivity contribution < 1.29 is 9.84 Å². The standard InChI is InChI=1S/C20H25N5O2/c1-27-17-5-3-15(4-6-17)19(7-12-26)24-11-9-22-20(24)18-13-16-14-21-8-2-10-25(16)23-18/h3-6,9,11,13,19,21,26H,2,7-8,10,12,14H2,1H3/t19-/m0/s1. The Bertz CT molecular complexity index is 861. The van der Waals surface area contributed by atoms with Crippen molar-refractivity contribution in [2.45, 2.75) is 32.0 Å². The lowest BCUT2D eigenvalue weighted by Crippen LogP contribution is -2.13. The van der Waals surface area contributed by atoms with Gasteiger partial charge in [-0.05, 0) is 43.1 Å². The fourth-order valence-corrected chi connectivity index (χ4v) is 3.65. The van der Waals surface area contributed by atoms with Crippen LogP contribution in [0.25, 0.3) is 11.5 Å². The predicted molar refractivity (Wildman–Crippen MR) is 103 cm³/mol. The van der Waals surface area contributed by atoms with Gasteiger partial charge in [0.1, 0.15) is 11.4 Å². The Labute approximate surface area is 158 Å². The topological polar surface area (TPSA) is 77.1 Å². The van der Waals surface area contributed by atoms with Gasteiger partial charge in [0.25, 0.3) is 0 Å². The number of methoxy groups -OCH3 is 1. The van der Waals surface area contributed by atoms with Crippen LogP contribution in [-0.4, -0.2) is 44.7 Å². The van der Waals surface area contributed by atoms with Crippen LogP contribution >= 0.6 is 0 Å². The molecule has 1 aromatic carbocycles. The predicted octanol–water partition coefficient (Wildman–Crippen LogP) is 2.22. The molecule has 3 aromatic rings. The maximum Gasteiger partial charge on any atom is 0.161 e. The molecule has 2 N–H and O–H groups in total. The average molecular weight is 367 g/mol. The molecule has 1 aliphatic rings. The SMILES string of the molecule is COc1ccc([C@H](CCO)n2ccnc2-c2cc3n(n2)CCCNC3)cc1. The number of rotatable bonds is 6. The maximum atomic E-state index is 9.64. The van der Waals surface area contributed by atoms with Gasteiger partial charge in [0, 0.05) is 32.1 Å². The van der Waals surface area contributed by atoms with Crippen molar-refractivity contribution in [3.05, 3.63) is 54.0 Å². The zero-order chi connectivity index (χ0) is 18.6. The van der Waals surface area contributed by atoms with E-state index >= 15 is 0 Å². The van der Waals surface area contributed by atoms with E-state index in [1.54, 1.807) is 13.3 Å². The molecular weight excluding hydrogens is 342 g/mol. The highest BCUT2D eigenvalue weighted by molar-refractivity contribution is 5.51. The molecule has 3 heterocycles. The molecule has 0 fully saturated rings. The average Bonchev–Trinajstić information content (AvgIpc) is 3.28. The number of fused-ring (bicyclic) bond motifs is 1. The number of aromatic nitrogens is 4. The number of aryl methyl sites for hydroxylation is 1. The Balaban J connectivity index is 1.70. The number of hydrogen-bond donors (Lipinski definition) is 2. The van der Waals surface area contributed by atoms with Gasteiger partial charge in [-0.2, -0.15) is 5.10 Å². The molecule has 0 bridgehead atoms. The molecule has 0 amide bonds. The molecule has 0 aliphatic carbocycles. The summed E-state index contributed by atoms with van der Waals surface area (Å²) in [6, 6.07) is 10.1. The van der Waals surface area contributed by atoms with Crippen molar-refractivity contribution in [2.24, 2.45) is 0 Å². The Morgan fingerprint density at radius 2 is 2.15 bits per heavy atom. The van der Waals surface area contributed by atoms with Crippen molar-refractivity contribution in [2.75, 3.05) is 20.3 Å². The van der Waals surface area contributed by atoms with Crippen LogP contribution < -0.4 is 10.1 Å². The molecule has 2 aromatic heterocycles. The number of imidazole rings is 1. The summed E-state index contributed by atoms with van der Waals surface area (Å²) >= 11 is 0. The molecule has 0 saturated carbocycles. The summed E-state index contributed by atoms with van der Waals surface area (Å²) in [5.74, 6) is 1.64. The molecule has 1 atom stereocenters. The van der Waals surface area contributed by atoms with Gasteiger partial charge in [-0.25, -0.2) is 4.98 Å². The van der Waals surface area contributed by atoms with Crippen LogP contribution in [0.2, 0.25) is 0 Å². The summed E-state index contributed by atoms with van der Waals surface area (Å²) in [5, 5.41) is 17.8. The van der Waals surface area contributed by atoms with Gasteiger partial charge >= 0.3 is 0 Å². The number of aliphatic hydroxyl groups is 1. The first kappa shape index (κ1) is 17.8. The van der Waals surface area contributed by atoms with Gasteiger partial charge in [0.15, 0.2) is 5.82 Å². The summed E-state index contributed by atoms with van der Waals surface area (Å²) in [4.78, 5) is 4.58. The number of benzene rings is 1. The van der Waals surface area contributed by atoms with Crippen molar-refractivity contribution in [1.29, 1.82) is 0 Å². The smallest absolute Gasteiger partial charge is 0.161 e. The highest BCUT2D eigenvalue weighted by atomic mass is 16.5. The van der Waals surface area contributed by atoms with E-state index in [-0.39, 0.29) is 12.6 Å². The fourth-order valence-electron chi connectivity index (χ4n) is 3.65. The molecule has 0 spiro atoms. The van der Waals surface area contributed by atoms with E-state index in [9.17, 15) is 5.11 Å². The Morgan fingerprint density at radius 1 is 1.30 bits per heavy atom. The third kappa shape index (κ3) is 3.61. The number of nitrogens with one attached hydrogen (secondary N) is 1. The third-order valence-electron chi connectivity index (χ3n) is 5.03. The van der Waals surface area contributed by atoms with Crippen LogP contribution in [0.15, 0.2) is 42.7 Å². The van der Waals surface area contributed by atoms with Gasteiger partial charge in [-0.15, -0.1) is 0 Å². The van der Waals surface area contributed by atoms with Crippen LogP contribution in [0, 0.1) is 0 Å². The summed E-state index contributed by atoms with van der Waals surface area (Å²) < 4.78 is 9.44. The lowest BCUT2D eigenvalue weighted by molar-refractivity contribution is 0.268. The van der Waals surface area contributed by atoms with Gasteiger partial charge in [-0.1, -0.05) is 12.1 Å². The van der Waals surface area contributed by atoms with Gasteiger partial charge in [0.05, 0.1) is 18.8 Å². The summed E-state index contributed by atoms with van der Waals surface area (Å²) in [6.45, 7) is 2.86.